The van der Waals surface area contributed by atoms with Gasteiger partial charge in [0.05, 0.1) is 13.0 Å². The average Bonchev–Trinajstić information content (AvgIpc) is 2.85. The first-order valence-electron chi connectivity index (χ1n) is 5.22. The molecule has 17 heavy (non-hydrogen) atoms. The van der Waals surface area contributed by atoms with Crippen molar-refractivity contribution in [1.82, 2.24) is 4.98 Å². The molecule has 0 unspecified atom stereocenters. The summed E-state index contributed by atoms with van der Waals surface area (Å²) in [6, 6.07) is 7.94. The van der Waals surface area contributed by atoms with E-state index in [0.29, 0.717) is 13.0 Å². The summed E-state index contributed by atoms with van der Waals surface area (Å²) in [7, 11) is 0. The molecule has 1 aliphatic rings. The second-order valence-electron chi connectivity index (χ2n) is 3.86. The number of benzene rings is 1. The van der Waals surface area contributed by atoms with Crippen LogP contribution in [0, 0.1) is 0 Å². The van der Waals surface area contributed by atoms with Crippen molar-refractivity contribution in [3.8, 4) is 0 Å². The zero-order chi connectivity index (χ0) is 11.8. The molecule has 0 bridgehead atoms. The SMILES string of the molecule is O=C1Cc2ccccc2N1Cc1cnc(Br)s1. The minimum atomic E-state index is 0.163. The van der Waals surface area contributed by atoms with Gasteiger partial charge in [-0.15, -0.1) is 11.3 Å². The van der Waals surface area contributed by atoms with E-state index in [9.17, 15) is 4.79 Å². The number of hydrogen-bond acceptors (Lipinski definition) is 3. The second-order valence-corrected chi connectivity index (χ2v) is 6.26. The van der Waals surface area contributed by atoms with Gasteiger partial charge >= 0.3 is 0 Å². The number of rotatable bonds is 2. The minimum absolute atomic E-state index is 0.163. The van der Waals surface area contributed by atoms with Gasteiger partial charge in [0.15, 0.2) is 3.92 Å². The summed E-state index contributed by atoms with van der Waals surface area (Å²) in [4.78, 5) is 19.0. The van der Waals surface area contributed by atoms with E-state index in [1.807, 2.05) is 35.4 Å². The molecule has 0 N–H and O–H groups in total. The van der Waals surface area contributed by atoms with Crippen LogP contribution in [0.15, 0.2) is 34.4 Å². The van der Waals surface area contributed by atoms with E-state index >= 15 is 0 Å². The Kier molecular flexibility index (Phi) is 2.72. The van der Waals surface area contributed by atoms with Crippen molar-refractivity contribution in [3.05, 3.63) is 44.8 Å². The molecule has 0 saturated carbocycles. The Morgan fingerprint density at radius 3 is 3.00 bits per heavy atom. The summed E-state index contributed by atoms with van der Waals surface area (Å²) in [5, 5.41) is 0. The third kappa shape index (κ3) is 2.00. The van der Waals surface area contributed by atoms with Gasteiger partial charge in [-0.1, -0.05) is 18.2 Å². The Morgan fingerprint density at radius 1 is 1.41 bits per heavy atom. The molecule has 1 amide bonds. The number of para-hydroxylation sites is 1. The number of aromatic nitrogens is 1. The van der Waals surface area contributed by atoms with Gasteiger partial charge in [-0.3, -0.25) is 4.79 Å². The molecule has 2 aromatic rings. The number of amides is 1. The van der Waals surface area contributed by atoms with Gasteiger partial charge < -0.3 is 4.90 Å². The molecule has 0 fully saturated rings. The molecule has 0 radical (unpaired) electrons. The van der Waals surface area contributed by atoms with Gasteiger partial charge in [-0.05, 0) is 27.6 Å². The molecule has 1 aromatic heterocycles. The number of carbonyl (C=O) groups excluding carboxylic acids is 1. The van der Waals surface area contributed by atoms with Crippen LogP contribution >= 0.6 is 27.3 Å². The third-order valence-corrected chi connectivity index (χ3v) is 4.23. The van der Waals surface area contributed by atoms with E-state index < -0.39 is 0 Å². The number of fused-ring (bicyclic) bond motifs is 1. The summed E-state index contributed by atoms with van der Waals surface area (Å²) in [6.45, 7) is 0.610. The number of halogens is 1. The highest BCUT2D eigenvalue weighted by atomic mass is 79.9. The van der Waals surface area contributed by atoms with Crippen molar-refractivity contribution in [2.24, 2.45) is 0 Å². The Morgan fingerprint density at radius 2 is 2.24 bits per heavy atom. The third-order valence-electron chi connectivity index (χ3n) is 2.76. The van der Waals surface area contributed by atoms with Crippen LogP contribution in [0.25, 0.3) is 0 Å². The lowest BCUT2D eigenvalue weighted by atomic mass is 10.2. The van der Waals surface area contributed by atoms with Crippen molar-refractivity contribution in [1.29, 1.82) is 0 Å². The molecule has 3 rings (SSSR count). The molecule has 2 heterocycles. The van der Waals surface area contributed by atoms with E-state index in [4.69, 9.17) is 0 Å². The molecule has 3 nitrogen and oxygen atoms in total. The highest BCUT2D eigenvalue weighted by Gasteiger charge is 2.26. The number of nitrogens with zero attached hydrogens (tertiary/aromatic N) is 2. The maximum absolute atomic E-state index is 11.9. The maximum Gasteiger partial charge on any atom is 0.231 e. The van der Waals surface area contributed by atoms with Crippen LogP contribution in [0.1, 0.15) is 10.4 Å². The van der Waals surface area contributed by atoms with Crippen molar-refractivity contribution in [2.45, 2.75) is 13.0 Å². The van der Waals surface area contributed by atoms with Gasteiger partial charge in [0.2, 0.25) is 5.91 Å². The number of anilines is 1. The standard InChI is InChI=1S/C12H9BrN2OS/c13-12-14-6-9(17-12)7-15-10-4-2-1-3-8(10)5-11(15)16/h1-4,6H,5,7H2. The van der Waals surface area contributed by atoms with Crippen LogP contribution in [0.4, 0.5) is 5.69 Å². The van der Waals surface area contributed by atoms with Crippen molar-refractivity contribution in [2.75, 3.05) is 4.90 Å². The van der Waals surface area contributed by atoms with Gasteiger partial charge in [-0.2, -0.15) is 0 Å². The molecular formula is C12H9BrN2OS. The van der Waals surface area contributed by atoms with Crippen molar-refractivity contribution in [3.63, 3.8) is 0 Å². The van der Waals surface area contributed by atoms with Crippen LogP contribution < -0.4 is 4.90 Å². The fraction of sp³-hybridized carbons (Fsp3) is 0.167. The Hall–Kier alpha value is -1.20. The molecule has 0 aliphatic carbocycles. The van der Waals surface area contributed by atoms with E-state index in [-0.39, 0.29) is 5.91 Å². The summed E-state index contributed by atoms with van der Waals surface area (Å²) < 4.78 is 0.854. The molecule has 1 aliphatic heterocycles. The lowest BCUT2D eigenvalue weighted by Gasteiger charge is -2.15. The normalized spacial score (nSPS) is 14.2. The number of carbonyl (C=O) groups is 1. The first-order chi connectivity index (χ1) is 8.24. The Balaban J connectivity index is 1.91. The zero-order valence-corrected chi connectivity index (χ0v) is 11.3. The lowest BCUT2D eigenvalue weighted by molar-refractivity contribution is -0.117. The van der Waals surface area contributed by atoms with E-state index in [2.05, 4.69) is 20.9 Å². The fourth-order valence-electron chi connectivity index (χ4n) is 2.00. The molecule has 1 aromatic carbocycles. The lowest BCUT2D eigenvalue weighted by Crippen LogP contribution is -2.25. The number of hydrogen-bond donors (Lipinski definition) is 0. The van der Waals surface area contributed by atoms with E-state index in [0.717, 1.165) is 20.0 Å². The number of thiazole rings is 1. The van der Waals surface area contributed by atoms with Crippen molar-refractivity contribution >= 4 is 38.9 Å². The molecular weight excluding hydrogens is 300 g/mol. The Bertz CT molecular complexity index is 581. The smallest absolute Gasteiger partial charge is 0.231 e. The predicted octanol–water partition coefficient (Wildman–Crippen LogP) is 2.99. The molecule has 0 atom stereocenters. The predicted molar refractivity (Wildman–Crippen MR) is 71.2 cm³/mol. The van der Waals surface area contributed by atoms with E-state index in [1.54, 1.807) is 11.3 Å². The van der Waals surface area contributed by atoms with Crippen LogP contribution in [0.2, 0.25) is 0 Å². The highest BCUT2D eigenvalue weighted by Crippen LogP contribution is 2.31. The topological polar surface area (TPSA) is 33.2 Å². The van der Waals surface area contributed by atoms with E-state index in [1.165, 1.54) is 0 Å². The van der Waals surface area contributed by atoms with Gasteiger partial charge in [-0.25, -0.2) is 4.98 Å². The molecule has 0 spiro atoms. The summed E-state index contributed by atoms with van der Waals surface area (Å²) in [5.41, 5.74) is 2.14. The largest absolute Gasteiger partial charge is 0.307 e. The first kappa shape index (κ1) is 10.9. The molecule has 86 valence electrons. The van der Waals surface area contributed by atoms with Crippen LogP contribution in [0.3, 0.4) is 0 Å². The first-order valence-corrected chi connectivity index (χ1v) is 6.83. The molecule has 5 heteroatoms. The maximum atomic E-state index is 11.9. The minimum Gasteiger partial charge on any atom is -0.307 e. The second kappa shape index (κ2) is 4.23. The van der Waals surface area contributed by atoms with Gasteiger partial charge in [0.1, 0.15) is 0 Å². The van der Waals surface area contributed by atoms with Crippen LogP contribution in [-0.4, -0.2) is 10.9 Å². The zero-order valence-electron chi connectivity index (χ0n) is 8.89. The van der Waals surface area contributed by atoms with Crippen LogP contribution in [0.5, 0.6) is 0 Å². The highest BCUT2D eigenvalue weighted by molar-refractivity contribution is 9.11. The van der Waals surface area contributed by atoms with Crippen molar-refractivity contribution < 1.29 is 4.79 Å². The molecule has 0 saturated heterocycles. The quantitative estimate of drug-likeness (QED) is 0.854. The average molecular weight is 309 g/mol. The van der Waals surface area contributed by atoms with Gasteiger partial charge in [0, 0.05) is 16.8 Å². The summed E-state index contributed by atoms with van der Waals surface area (Å²) in [6.07, 6.45) is 2.32. The van der Waals surface area contributed by atoms with Crippen LogP contribution in [-0.2, 0) is 17.8 Å². The van der Waals surface area contributed by atoms with Gasteiger partial charge in [0.25, 0.3) is 0 Å². The fourth-order valence-corrected chi connectivity index (χ4v) is 3.35. The monoisotopic (exact) mass is 308 g/mol. The Labute approximate surface area is 111 Å². The summed E-state index contributed by atoms with van der Waals surface area (Å²) in [5.74, 6) is 0.163. The summed E-state index contributed by atoms with van der Waals surface area (Å²) >= 11 is 4.90.